The molecule has 0 amide bonds. The zero-order valence-corrected chi connectivity index (χ0v) is 15.6. The number of nitrogens with zero attached hydrogens (tertiary/aromatic N) is 1. The van der Waals surface area contributed by atoms with E-state index in [1.54, 1.807) is 6.07 Å². The third-order valence-electron chi connectivity index (χ3n) is 4.82. The summed E-state index contributed by atoms with van der Waals surface area (Å²) in [6, 6.07) is 15.6. The molecule has 140 valence electrons. The van der Waals surface area contributed by atoms with Gasteiger partial charge in [-0.3, -0.25) is 0 Å². The zero-order valence-electron chi connectivity index (χ0n) is 15.6. The molecule has 5 heteroatoms. The summed E-state index contributed by atoms with van der Waals surface area (Å²) in [5, 5.41) is 14.0. The third kappa shape index (κ3) is 3.15. The molecule has 0 fully saturated rings. The van der Waals surface area contributed by atoms with Gasteiger partial charge in [0.05, 0.1) is 24.9 Å². The lowest BCUT2D eigenvalue weighted by molar-refractivity contribution is 0.287. The Morgan fingerprint density at radius 3 is 2.52 bits per heavy atom. The van der Waals surface area contributed by atoms with Gasteiger partial charge >= 0.3 is 0 Å². The van der Waals surface area contributed by atoms with E-state index in [2.05, 4.69) is 16.0 Å². The number of para-hydroxylation sites is 1. The number of phenols is 1. The fourth-order valence-corrected chi connectivity index (χ4v) is 3.66. The number of aromatic nitrogens is 1. The Kier molecular flexibility index (Phi) is 4.77. The van der Waals surface area contributed by atoms with Crippen molar-refractivity contribution in [2.24, 2.45) is 0 Å². The van der Waals surface area contributed by atoms with Crippen molar-refractivity contribution in [1.29, 1.82) is 0 Å². The zero-order chi connectivity index (χ0) is 18.8. The molecular formula is C22H24N2O3. The van der Waals surface area contributed by atoms with Crippen LogP contribution in [0.2, 0.25) is 0 Å². The highest BCUT2D eigenvalue weighted by atomic mass is 16.5. The molecule has 2 heterocycles. The highest BCUT2D eigenvalue weighted by Gasteiger charge is 2.26. The Hall–Kier alpha value is -2.92. The van der Waals surface area contributed by atoms with Crippen molar-refractivity contribution in [3.8, 4) is 22.9 Å². The van der Waals surface area contributed by atoms with Crippen LogP contribution in [0.3, 0.4) is 0 Å². The van der Waals surface area contributed by atoms with E-state index >= 15 is 0 Å². The van der Waals surface area contributed by atoms with Crippen molar-refractivity contribution >= 4 is 0 Å². The summed E-state index contributed by atoms with van der Waals surface area (Å²) in [4.78, 5) is 0. The molecule has 0 saturated heterocycles. The maximum absolute atomic E-state index is 10.4. The molecule has 4 rings (SSSR count). The molecule has 1 aliphatic rings. The van der Waals surface area contributed by atoms with E-state index in [0.29, 0.717) is 25.5 Å². The first-order valence-corrected chi connectivity index (χ1v) is 9.34. The lowest BCUT2D eigenvalue weighted by Crippen LogP contribution is -2.21. The minimum absolute atomic E-state index is 0.111. The van der Waals surface area contributed by atoms with Gasteiger partial charge in [-0.15, -0.1) is 0 Å². The van der Waals surface area contributed by atoms with Crippen LogP contribution in [0.1, 0.15) is 36.7 Å². The summed E-state index contributed by atoms with van der Waals surface area (Å²) in [5.74, 6) is 1.80. The number of nitrogens with one attached hydrogen (secondary N) is 1. The number of aromatic hydroxyl groups is 1. The molecule has 0 radical (unpaired) electrons. The van der Waals surface area contributed by atoms with E-state index in [0.717, 1.165) is 34.0 Å². The van der Waals surface area contributed by atoms with Crippen LogP contribution >= 0.6 is 0 Å². The van der Waals surface area contributed by atoms with Crippen LogP contribution in [0.25, 0.3) is 5.69 Å². The summed E-state index contributed by atoms with van der Waals surface area (Å²) in [6.07, 6.45) is 2.05. The average Bonchev–Trinajstić information content (AvgIpc) is 3.09. The molecule has 2 N–H and O–H groups in total. The Morgan fingerprint density at radius 2 is 1.78 bits per heavy atom. The lowest BCUT2D eigenvalue weighted by atomic mass is 10.0. The van der Waals surface area contributed by atoms with Gasteiger partial charge in [0.15, 0.2) is 11.5 Å². The summed E-state index contributed by atoms with van der Waals surface area (Å²) in [7, 11) is 0. The Balaban J connectivity index is 1.84. The average molecular weight is 364 g/mol. The third-order valence-corrected chi connectivity index (χ3v) is 4.82. The maximum Gasteiger partial charge on any atom is 0.163 e. The number of phenolic OH excluding ortho intramolecular Hbond substituents is 1. The van der Waals surface area contributed by atoms with E-state index in [1.807, 2.05) is 56.4 Å². The molecule has 5 nitrogen and oxygen atoms in total. The smallest absolute Gasteiger partial charge is 0.163 e. The molecule has 27 heavy (non-hydrogen) atoms. The summed E-state index contributed by atoms with van der Waals surface area (Å²) in [5.41, 5.74) is 4.12. The van der Waals surface area contributed by atoms with E-state index in [4.69, 9.17) is 9.47 Å². The Bertz CT molecular complexity index is 948. The number of fused-ring (bicyclic) bond motifs is 3. The molecule has 1 aromatic heterocycles. The highest BCUT2D eigenvalue weighted by molar-refractivity contribution is 5.57. The first-order chi connectivity index (χ1) is 13.2. The van der Waals surface area contributed by atoms with Gasteiger partial charge < -0.3 is 24.5 Å². The fourth-order valence-electron chi connectivity index (χ4n) is 3.66. The van der Waals surface area contributed by atoms with Crippen molar-refractivity contribution in [2.75, 3.05) is 13.2 Å². The van der Waals surface area contributed by atoms with Gasteiger partial charge in [-0.05, 0) is 43.7 Å². The van der Waals surface area contributed by atoms with E-state index in [9.17, 15) is 5.11 Å². The standard InChI is InChI=1S/C22H24N2O3/c1-3-26-20-12-15-14-23-22(16-8-5-6-10-19(16)25)17-9-7-11-24(17)18(15)13-21(20)27-4-2/h5-13,22-23,25H,3-4,14H2,1-2H3/t22-/m1/s1. The molecule has 0 spiro atoms. The van der Waals surface area contributed by atoms with Gasteiger partial charge in [0.1, 0.15) is 5.75 Å². The highest BCUT2D eigenvalue weighted by Crippen LogP contribution is 2.38. The minimum Gasteiger partial charge on any atom is -0.508 e. The van der Waals surface area contributed by atoms with Gasteiger partial charge in [-0.1, -0.05) is 18.2 Å². The van der Waals surface area contributed by atoms with Crippen LogP contribution in [0.15, 0.2) is 54.7 Å². The second-order valence-corrected chi connectivity index (χ2v) is 6.47. The van der Waals surface area contributed by atoms with Crippen molar-refractivity contribution in [2.45, 2.75) is 26.4 Å². The predicted molar refractivity (Wildman–Crippen MR) is 105 cm³/mol. The van der Waals surface area contributed by atoms with Gasteiger partial charge in [-0.25, -0.2) is 0 Å². The van der Waals surface area contributed by atoms with Crippen LogP contribution in [-0.4, -0.2) is 22.9 Å². The topological polar surface area (TPSA) is 55.7 Å². The molecule has 0 unspecified atom stereocenters. The first-order valence-electron chi connectivity index (χ1n) is 9.34. The number of ether oxygens (including phenoxy) is 2. The Labute approximate surface area is 159 Å². The number of hydrogen-bond donors (Lipinski definition) is 2. The summed E-state index contributed by atoms with van der Waals surface area (Å²) >= 11 is 0. The van der Waals surface area contributed by atoms with Crippen LogP contribution in [-0.2, 0) is 6.54 Å². The van der Waals surface area contributed by atoms with Gasteiger partial charge in [0, 0.05) is 30.1 Å². The van der Waals surface area contributed by atoms with E-state index < -0.39 is 0 Å². The van der Waals surface area contributed by atoms with Crippen molar-refractivity contribution in [3.05, 3.63) is 71.5 Å². The van der Waals surface area contributed by atoms with Gasteiger partial charge in [0.2, 0.25) is 0 Å². The van der Waals surface area contributed by atoms with Gasteiger partial charge in [0.25, 0.3) is 0 Å². The monoisotopic (exact) mass is 364 g/mol. The van der Waals surface area contributed by atoms with E-state index in [-0.39, 0.29) is 6.04 Å². The largest absolute Gasteiger partial charge is 0.508 e. The Morgan fingerprint density at radius 1 is 1.04 bits per heavy atom. The quantitative estimate of drug-likeness (QED) is 0.713. The molecule has 1 atom stereocenters. The van der Waals surface area contributed by atoms with Crippen LogP contribution in [0.4, 0.5) is 0 Å². The second-order valence-electron chi connectivity index (χ2n) is 6.47. The SMILES string of the molecule is CCOc1cc2c(cc1OCC)-n1cccc1[C@@H](c1ccccc1O)NC2. The van der Waals surface area contributed by atoms with Gasteiger partial charge in [-0.2, -0.15) is 0 Å². The number of rotatable bonds is 5. The molecule has 1 aliphatic heterocycles. The fraction of sp³-hybridized carbons (Fsp3) is 0.273. The normalized spacial score (nSPS) is 15.6. The molecule has 0 saturated carbocycles. The van der Waals surface area contributed by atoms with Crippen LogP contribution in [0.5, 0.6) is 17.2 Å². The first kappa shape index (κ1) is 17.5. The molecule has 2 aromatic carbocycles. The van der Waals surface area contributed by atoms with Crippen LogP contribution in [0, 0.1) is 0 Å². The molecule has 0 bridgehead atoms. The van der Waals surface area contributed by atoms with Crippen molar-refractivity contribution in [1.82, 2.24) is 9.88 Å². The molecular weight excluding hydrogens is 340 g/mol. The minimum atomic E-state index is -0.111. The second kappa shape index (κ2) is 7.37. The maximum atomic E-state index is 10.4. The van der Waals surface area contributed by atoms with Crippen molar-refractivity contribution in [3.63, 3.8) is 0 Å². The number of hydrogen-bond acceptors (Lipinski definition) is 4. The molecule has 3 aromatic rings. The number of benzene rings is 2. The van der Waals surface area contributed by atoms with Crippen LogP contribution < -0.4 is 14.8 Å². The molecule has 0 aliphatic carbocycles. The predicted octanol–water partition coefficient (Wildman–Crippen LogP) is 4.17. The van der Waals surface area contributed by atoms with Crippen molar-refractivity contribution < 1.29 is 14.6 Å². The van der Waals surface area contributed by atoms with E-state index in [1.165, 1.54) is 0 Å². The summed E-state index contributed by atoms with van der Waals surface area (Å²) in [6.45, 7) is 5.76. The lowest BCUT2D eigenvalue weighted by Gasteiger charge is -2.19. The summed E-state index contributed by atoms with van der Waals surface area (Å²) < 4.78 is 13.8.